The van der Waals surface area contributed by atoms with E-state index in [2.05, 4.69) is 42.2 Å². The average molecular weight is 534 g/mol. The molecule has 1 fully saturated rings. The number of pyridine rings is 2. The molecule has 0 radical (unpaired) electrons. The number of nitrogens with one attached hydrogen (secondary N) is 4. The number of aromatic nitrogens is 4. The van der Waals surface area contributed by atoms with Gasteiger partial charge in [-0.3, -0.25) is 19.9 Å². The second-order valence-electron chi connectivity index (χ2n) is 10.5. The van der Waals surface area contributed by atoms with E-state index < -0.39 is 0 Å². The fraction of sp³-hybridized carbons (Fsp3) is 0.226. The minimum absolute atomic E-state index is 0.0758. The Morgan fingerprint density at radius 1 is 0.875 bits per heavy atom. The first-order chi connectivity index (χ1) is 19.6. The van der Waals surface area contributed by atoms with Crippen molar-refractivity contribution in [3.8, 4) is 22.3 Å². The fourth-order valence-electron chi connectivity index (χ4n) is 5.79. The summed E-state index contributed by atoms with van der Waals surface area (Å²) < 4.78 is 14.6. The van der Waals surface area contributed by atoms with Crippen molar-refractivity contribution in [3.63, 3.8) is 0 Å². The average Bonchev–Trinajstić information content (AvgIpc) is 3.62. The number of carbonyl (C=O) groups excluding carboxylic acids is 1. The lowest BCUT2D eigenvalue weighted by Gasteiger charge is -2.20. The van der Waals surface area contributed by atoms with Crippen molar-refractivity contribution < 1.29 is 9.18 Å². The third-order valence-electron chi connectivity index (χ3n) is 7.89. The molecule has 1 saturated carbocycles. The highest BCUT2D eigenvalue weighted by Gasteiger charge is 2.28. The quantitative estimate of drug-likeness (QED) is 0.196. The number of fused-ring (bicyclic) bond motifs is 2. The van der Waals surface area contributed by atoms with E-state index in [4.69, 9.17) is 0 Å². The van der Waals surface area contributed by atoms with Gasteiger partial charge in [-0.05, 0) is 42.7 Å². The first-order valence-corrected chi connectivity index (χ1v) is 13.6. The van der Waals surface area contributed by atoms with Gasteiger partial charge in [-0.15, -0.1) is 0 Å². The molecule has 200 valence electrons. The number of H-pyrrole nitrogens is 1. The van der Waals surface area contributed by atoms with Crippen molar-refractivity contribution in [1.82, 2.24) is 20.2 Å². The van der Waals surface area contributed by atoms with Crippen molar-refractivity contribution in [2.24, 2.45) is 5.92 Å². The largest absolute Gasteiger partial charge is 0.358 e. The molecule has 2 aromatic carbocycles. The molecule has 0 bridgehead atoms. The van der Waals surface area contributed by atoms with Gasteiger partial charge in [0, 0.05) is 40.4 Å². The van der Waals surface area contributed by atoms with Crippen LogP contribution in [0, 0.1) is 11.7 Å². The van der Waals surface area contributed by atoms with E-state index in [0.29, 0.717) is 16.8 Å². The normalized spacial score (nSPS) is 16.8. The Kier molecular flexibility index (Phi) is 6.11. The summed E-state index contributed by atoms with van der Waals surface area (Å²) in [5, 5.41) is 18.6. The highest BCUT2D eigenvalue weighted by molar-refractivity contribution is 5.94. The summed E-state index contributed by atoms with van der Waals surface area (Å²) in [5.74, 6) is -0.148. The number of nitrogens with zero attached hydrogens (tertiary/aromatic N) is 3. The smallest absolute Gasteiger partial charge is 0.227 e. The van der Waals surface area contributed by atoms with Gasteiger partial charge in [-0.2, -0.15) is 5.10 Å². The van der Waals surface area contributed by atoms with Crippen molar-refractivity contribution >= 4 is 33.9 Å². The van der Waals surface area contributed by atoms with Crippen LogP contribution in [0.1, 0.15) is 44.0 Å². The zero-order valence-corrected chi connectivity index (χ0v) is 21.7. The fourth-order valence-corrected chi connectivity index (χ4v) is 5.79. The number of amides is 1. The number of anilines is 3. The number of benzene rings is 2. The van der Waals surface area contributed by atoms with Crippen LogP contribution in [-0.4, -0.2) is 26.1 Å². The van der Waals surface area contributed by atoms with Gasteiger partial charge >= 0.3 is 0 Å². The maximum absolute atomic E-state index is 14.6. The molecule has 1 unspecified atom stereocenters. The predicted molar refractivity (Wildman–Crippen MR) is 154 cm³/mol. The van der Waals surface area contributed by atoms with Crippen LogP contribution in [0.3, 0.4) is 0 Å². The highest BCUT2D eigenvalue weighted by Crippen LogP contribution is 2.43. The summed E-state index contributed by atoms with van der Waals surface area (Å²) in [6.45, 7) is 0. The van der Waals surface area contributed by atoms with Crippen LogP contribution in [-0.2, 0) is 4.79 Å². The molecule has 8 nitrogen and oxygen atoms in total. The molecule has 9 heteroatoms. The number of hydrogen-bond acceptors (Lipinski definition) is 6. The van der Waals surface area contributed by atoms with Gasteiger partial charge in [0.25, 0.3) is 0 Å². The molecule has 0 spiro atoms. The Morgan fingerprint density at radius 2 is 1.73 bits per heavy atom. The lowest BCUT2D eigenvalue weighted by atomic mass is 9.88. The summed E-state index contributed by atoms with van der Waals surface area (Å²) in [6.07, 6.45) is 11.9. The van der Waals surface area contributed by atoms with Gasteiger partial charge in [-0.1, -0.05) is 43.5 Å². The molecule has 5 aromatic rings. The lowest BCUT2D eigenvalue weighted by molar-refractivity contribution is -0.120. The Morgan fingerprint density at radius 3 is 2.60 bits per heavy atom. The van der Waals surface area contributed by atoms with Crippen molar-refractivity contribution in [1.29, 1.82) is 0 Å². The molecule has 40 heavy (non-hydrogen) atoms. The van der Waals surface area contributed by atoms with Crippen LogP contribution in [0.4, 0.5) is 21.5 Å². The summed E-state index contributed by atoms with van der Waals surface area (Å²) >= 11 is 0. The van der Waals surface area contributed by atoms with E-state index in [9.17, 15) is 9.18 Å². The monoisotopic (exact) mass is 533 g/mol. The van der Waals surface area contributed by atoms with Gasteiger partial charge in [0.05, 0.1) is 40.7 Å². The standard InChI is InChI=1S/C31H28FN7O/c32-25-9-5-4-8-22(25)24-16-34-17-27-28(24)37-30(36-27)29-23-13-19(10-11-26(23)38-39-29)20-12-21(15-33-14-20)35-31(40)18-6-2-1-3-7-18/h4-5,8-18,30,36-37H,1-3,6-7H2,(H,35,40)(H,38,39). The SMILES string of the molecule is O=C(Nc1cncc(-c2ccc3n[nH]c(C4Nc5cncc(-c6ccccc6F)c5N4)c3c2)c1)C1CCCCC1. The molecule has 4 heterocycles. The molecule has 1 atom stereocenters. The molecule has 1 amide bonds. The zero-order chi connectivity index (χ0) is 27.1. The van der Waals surface area contributed by atoms with Crippen molar-refractivity contribution in [3.05, 3.63) is 84.8 Å². The van der Waals surface area contributed by atoms with Crippen LogP contribution < -0.4 is 16.0 Å². The van der Waals surface area contributed by atoms with Gasteiger partial charge in [0.15, 0.2) is 0 Å². The van der Waals surface area contributed by atoms with Gasteiger partial charge in [0.1, 0.15) is 12.0 Å². The number of aromatic amines is 1. The number of hydrogen-bond donors (Lipinski definition) is 4. The van der Waals surface area contributed by atoms with Crippen LogP contribution in [0.2, 0.25) is 0 Å². The van der Waals surface area contributed by atoms with Crippen LogP contribution >= 0.6 is 0 Å². The Labute approximate surface area is 230 Å². The topological polar surface area (TPSA) is 108 Å². The van der Waals surface area contributed by atoms with E-state index >= 15 is 0 Å². The number of carbonyl (C=O) groups is 1. The van der Waals surface area contributed by atoms with Gasteiger partial charge in [0.2, 0.25) is 5.91 Å². The van der Waals surface area contributed by atoms with E-state index in [1.54, 1.807) is 36.9 Å². The van der Waals surface area contributed by atoms with Gasteiger partial charge in [-0.25, -0.2) is 4.39 Å². The van der Waals surface area contributed by atoms with E-state index in [-0.39, 0.29) is 23.8 Å². The first kappa shape index (κ1) is 24.3. The maximum Gasteiger partial charge on any atom is 0.227 e. The van der Waals surface area contributed by atoms with E-state index in [1.807, 2.05) is 24.3 Å². The van der Waals surface area contributed by atoms with E-state index in [0.717, 1.165) is 64.8 Å². The number of halogens is 1. The Hall–Kier alpha value is -4.79. The van der Waals surface area contributed by atoms with E-state index in [1.165, 1.54) is 12.5 Å². The Balaban J connectivity index is 1.17. The summed E-state index contributed by atoms with van der Waals surface area (Å²) in [4.78, 5) is 21.5. The molecular formula is C31H28FN7O. The van der Waals surface area contributed by atoms with Crippen LogP contribution in [0.15, 0.2) is 73.3 Å². The highest BCUT2D eigenvalue weighted by atomic mass is 19.1. The second kappa shape index (κ2) is 10.1. The molecule has 3 aromatic heterocycles. The Bertz CT molecular complexity index is 1730. The zero-order valence-electron chi connectivity index (χ0n) is 21.7. The minimum Gasteiger partial charge on any atom is -0.358 e. The van der Waals surface area contributed by atoms with Crippen LogP contribution in [0.25, 0.3) is 33.2 Å². The molecular weight excluding hydrogens is 505 g/mol. The molecule has 0 saturated heterocycles. The minimum atomic E-state index is -0.316. The molecule has 1 aliphatic heterocycles. The summed E-state index contributed by atoms with van der Waals surface area (Å²) in [6, 6.07) is 14.7. The van der Waals surface area contributed by atoms with Crippen molar-refractivity contribution in [2.75, 3.05) is 16.0 Å². The second-order valence-corrected chi connectivity index (χ2v) is 10.5. The lowest BCUT2D eigenvalue weighted by Crippen LogP contribution is -2.24. The molecule has 7 rings (SSSR count). The van der Waals surface area contributed by atoms with Gasteiger partial charge < -0.3 is 16.0 Å². The van der Waals surface area contributed by atoms with Crippen molar-refractivity contribution in [2.45, 2.75) is 38.3 Å². The molecule has 1 aliphatic carbocycles. The third-order valence-corrected chi connectivity index (χ3v) is 7.89. The predicted octanol–water partition coefficient (Wildman–Crippen LogP) is 6.88. The molecule has 4 N–H and O–H groups in total. The maximum atomic E-state index is 14.6. The molecule has 2 aliphatic rings. The van der Waals surface area contributed by atoms with Crippen LogP contribution in [0.5, 0.6) is 0 Å². The third kappa shape index (κ3) is 4.43. The number of rotatable bonds is 5. The first-order valence-electron chi connectivity index (χ1n) is 13.6. The summed E-state index contributed by atoms with van der Waals surface area (Å²) in [7, 11) is 0. The summed E-state index contributed by atoms with van der Waals surface area (Å²) in [5.41, 5.74) is 6.98.